The molecule has 2 amide bonds. The normalized spacial score (nSPS) is 17.4. The number of alkyl carbamates (subject to hydrolysis) is 1. The van der Waals surface area contributed by atoms with Crippen LogP contribution >= 0.6 is 0 Å². The lowest BCUT2D eigenvalue weighted by molar-refractivity contribution is -0.123. The highest BCUT2D eigenvalue weighted by Crippen LogP contribution is 2.14. The fourth-order valence-electron chi connectivity index (χ4n) is 2.95. The van der Waals surface area contributed by atoms with Gasteiger partial charge in [0.25, 0.3) is 0 Å². The number of nitrogens with one attached hydrogen (secondary N) is 2. The first kappa shape index (κ1) is 20.2. The zero-order chi connectivity index (χ0) is 19.2. The summed E-state index contributed by atoms with van der Waals surface area (Å²) in [5.41, 5.74) is 0.733. The van der Waals surface area contributed by atoms with E-state index in [1.165, 1.54) is 5.56 Å². The van der Waals surface area contributed by atoms with E-state index in [9.17, 15) is 9.59 Å². The van der Waals surface area contributed by atoms with Crippen molar-refractivity contribution in [3.05, 3.63) is 35.9 Å². The van der Waals surface area contributed by atoms with E-state index >= 15 is 0 Å². The number of amides is 2. The second-order valence-corrected chi connectivity index (χ2v) is 7.91. The number of nitrogens with zero attached hydrogens (tertiary/aromatic N) is 1. The molecule has 0 bridgehead atoms. The molecular weight excluding hydrogens is 330 g/mol. The molecule has 0 aromatic heterocycles. The van der Waals surface area contributed by atoms with Gasteiger partial charge in [-0.25, -0.2) is 4.79 Å². The molecule has 0 saturated carbocycles. The SMILES string of the molecule is CC(NC(=O)OC(C)(C)C)C(=O)NC1CCN(Cc2ccccc2)CC1. The van der Waals surface area contributed by atoms with Crippen LogP contribution in [-0.4, -0.2) is 47.7 Å². The van der Waals surface area contributed by atoms with Crippen molar-refractivity contribution in [1.29, 1.82) is 0 Å². The quantitative estimate of drug-likeness (QED) is 0.846. The van der Waals surface area contributed by atoms with Crippen molar-refractivity contribution in [2.24, 2.45) is 0 Å². The Bertz CT molecular complexity index is 590. The Morgan fingerprint density at radius 3 is 2.38 bits per heavy atom. The highest BCUT2D eigenvalue weighted by atomic mass is 16.6. The van der Waals surface area contributed by atoms with Crippen LogP contribution < -0.4 is 10.6 Å². The lowest BCUT2D eigenvalue weighted by Gasteiger charge is -2.33. The summed E-state index contributed by atoms with van der Waals surface area (Å²) in [4.78, 5) is 26.5. The largest absolute Gasteiger partial charge is 0.444 e. The molecule has 1 saturated heterocycles. The van der Waals surface area contributed by atoms with Crippen molar-refractivity contribution in [3.63, 3.8) is 0 Å². The summed E-state index contributed by atoms with van der Waals surface area (Å²) in [5, 5.41) is 5.62. The van der Waals surface area contributed by atoms with E-state index in [0.717, 1.165) is 32.5 Å². The molecule has 1 aromatic rings. The fraction of sp³-hybridized carbons (Fsp3) is 0.600. The number of piperidine rings is 1. The Morgan fingerprint density at radius 1 is 1.19 bits per heavy atom. The van der Waals surface area contributed by atoms with Crippen LogP contribution in [0.2, 0.25) is 0 Å². The lowest BCUT2D eigenvalue weighted by Crippen LogP contribution is -2.51. The number of carbonyl (C=O) groups is 2. The van der Waals surface area contributed by atoms with E-state index < -0.39 is 17.7 Å². The molecule has 6 nitrogen and oxygen atoms in total. The minimum Gasteiger partial charge on any atom is -0.444 e. The van der Waals surface area contributed by atoms with E-state index in [-0.39, 0.29) is 11.9 Å². The first-order valence-electron chi connectivity index (χ1n) is 9.29. The first-order valence-corrected chi connectivity index (χ1v) is 9.29. The van der Waals surface area contributed by atoms with Crippen molar-refractivity contribution in [2.45, 2.75) is 64.8 Å². The predicted octanol–water partition coefficient (Wildman–Crippen LogP) is 2.68. The summed E-state index contributed by atoms with van der Waals surface area (Å²) in [6.07, 6.45) is 1.26. The molecule has 0 radical (unpaired) electrons. The molecule has 1 aliphatic rings. The average molecular weight is 361 g/mol. The highest BCUT2D eigenvalue weighted by molar-refractivity contribution is 5.85. The standard InChI is InChI=1S/C20H31N3O3/c1-15(21-19(25)26-20(2,3)4)18(24)22-17-10-12-23(13-11-17)14-16-8-6-5-7-9-16/h5-9,15,17H,10-14H2,1-4H3,(H,21,25)(H,22,24). The lowest BCUT2D eigenvalue weighted by atomic mass is 10.0. The number of ether oxygens (including phenoxy) is 1. The van der Waals surface area contributed by atoms with Gasteiger partial charge in [0, 0.05) is 25.7 Å². The topological polar surface area (TPSA) is 70.7 Å². The number of rotatable bonds is 5. The maximum atomic E-state index is 12.3. The van der Waals surface area contributed by atoms with Gasteiger partial charge in [-0.2, -0.15) is 0 Å². The van der Waals surface area contributed by atoms with Crippen LogP contribution in [0.5, 0.6) is 0 Å². The second kappa shape index (κ2) is 9.03. The summed E-state index contributed by atoms with van der Waals surface area (Å²) >= 11 is 0. The van der Waals surface area contributed by atoms with Gasteiger partial charge < -0.3 is 15.4 Å². The zero-order valence-corrected chi connectivity index (χ0v) is 16.2. The predicted molar refractivity (Wildman–Crippen MR) is 102 cm³/mol. The molecule has 1 atom stereocenters. The van der Waals surface area contributed by atoms with Crippen LogP contribution in [0.15, 0.2) is 30.3 Å². The van der Waals surface area contributed by atoms with Crippen molar-refractivity contribution in [3.8, 4) is 0 Å². The maximum Gasteiger partial charge on any atom is 0.408 e. The number of hydrogen-bond acceptors (Lipinski definition) is 4. The molecule has 1 aromatic carbocycles. The Balaban J connectivity index is 1.71. The van der Waals surface area contributed by atoms with Crippen molar-refractivity contribution < 1.29 is 14.3 Å². The summed E-state index contributed by atoms with van der Waals surface area (Å²) in [7, 11) is 0. The van der Waals surface area contributed by atoms with Gasteiger partial charge in [-0.15, -0.1) is 0 Å². The molecule has 0 aliphatic carbocycles. The second-order valence-electron chi connectivity index (χ2n) is 7.91. The molecule has 0 spiro atoms. The van der Waals surface area contributed by atoms with E-state index in [0.29, 0.717) is 0 Å². The number of benzene rings is 1. The van der Waals surface area contributed by atoms with Crippen LogP contribution in [0.4, 0.5) is 4.79 Å². The minimum atomic E-state index is -0.618. The number of carbonyl (C=O) groups excluding carboxylic acids is 2. The van der Waals surface area contributed by atoms with Crippen LogP contribution in [-0.2, 0) is 16.1 Å². The average Bonchev–Trinajstić information content (AvgIpc) is 2.55. The molecule has 1 aliphatic heterocycles. The van der Waals surface area contributed by atoms with Gasteiger partial charge in [0.1, 0.15) is 11.6 Å². The van der Waals surface area contributed by atoms with Crippen molar-refractivity contribution in [2.75, 3.05) is 13.1 Å². The molecule has 2 rings (SSSR count). The molecule has 2 N–H and O–H groups in total. The van der Waals surface area contributed by atoms with E-state index in [4.69, 9.17) is 4.74 Å². The van der Waals surface area contributed by atoms with Gasteiger partial charge in [0.2, 0.25) is 5.91 Å². The summed E-state index contributed by atoms with van der Waals surface area (Å²) in [6, 6.07) is 9.94. The third kappa shape index (κ3) is 7.04. The van der Waals surface area contributed by atoms with Gasteiger partial charge in [-0.1, -0.05) is 30.3 Å². The van der Waals surface area contributed by atoms with Crippen LogP contribution in [0.1, 0.15) is 46.1 Å². The van der Waals surface area contributed by atoms with Gasteiger partial charge in [-0.3, -0.25) is 9.69 Å². The molecule has 26 heavy (non-hydrogen) atoms. The summed E-state index contributed by atoms with van der Waals surface area (Å²) in [5.74, 6) is -0.169. The number of likely N-dealkylation sites (tertiary alicyclic amines) is 1. The third-order valence-corrected chi connectivity index (χ3v) is 4.31. The van der Waals surface area contributed by atoms with Gasteiger partial charge in [-0.05, 0) is 46.1 Å². The molecular formula is C20H31N3O3. The molecule has 1 heterocycles. The highest BCUT2D eigenvalue weighted by Gasteiger charge is 2.25. The van der Waals surface area contributed by atoms with Crippen LogP contribution in [0.25, 0.3) is 0 Å². The van der Waals surface area contributed by atoms with Crippen molar-refractivity contribution >= 4 is 12.0 Å². The minimum absolute atomic E-state index is 0.150. The van der Waals surface area contributed by atoms with Crippen LogP contribution in [0.3, 0.4) is 0 Å². The molecule has 1 fully saturated rings. The van der Waals surface area contributed by atoms with Gasteiger partial charge >= 0.3 is 6.09 Å². The van der Waals surface area contributed by atoms with E-state index in [1.807, 2.05) is 6.07 Å². The summed E-state index contributed by atoms with van der Waals surface area (Å²) < 4.78 is 5.18. The van der Waals surface area contributed by atoms with E-state index in [2.05, 4.69) is 39.8 Å². The Morgan fingerprint density at radius 2 is 1.81 bits per heavy atom. The summed E-state index contributed by atoms with van der Waals surface area (Å²) in [6.45, 7) is 9.89. The third-order valence-electron chi connectivity index (χ3n) is 4.31. The zero-order valence-electron chi connectivity index (χ0n) is 16.2. The maximum absolute atomic E-state index is 12.3. The van der Waals surface area contributed by atoms with Gasteiger partial charge in [0.15, 0.2) is 0 Å². The molecule has 1 unspecified atom stereocenters. The Labute approximate surface area is 156 Å². The number of hydrogen-bond donors (Lipinski definition) is 2. The molecule has 144 valence electrons. The first-order chi connectivity index (χ1) is 12.2. The van der Waals surface area contributed by atoms with Crippen LogP contribution in [0, 0.1) is 0 Å². The Hall–Kier alpha value is -2.08. The molecule has 6 heteroatoms. The van der Waals surface area contributed by atoms with E-state index in [1.54, 1.807) is 27.7 Å². The monoisotopic (exact) mass is 361 g/mol. The Kier molecular flexibility index (Phi) is 7.03. The van der Waals surface area contributed by atoms with Gasteiger partial charge in [0.05, 0.1) is 0 Å². The van der Waals surface area contributed by atoms with Crippen molar-refractivity contribution in [1.82, 2.24) is 15.5 Å². The smallest absolute Gasteiger partial charge is 0.408 e. The fourth-order valence-corrected chi connectivity index (χ4v) is 2.95.